The van der Waals surface area contributed by atoms with Crippen molar-refractivity contribution >= 4 is 23.0 Å². The van der Waals surface area contributed by atoms with Crippen LogP contribution in [0.25, 0.3) is 5.65 Å². The van der Waals surface area contributed by atoms with Crippen molar-refractivity contribution in [3.63, 3.8) is 0 Å². The lowest BCUT2D eigenvalue weighted by Crippen LogP contribution is -2.25. The predicted octanol–water partition coefficient (Wildman–Crippen LogP) is 3.05. The number of nitrogen functional groups attached to an aromatic ring is 1. The molecule has 3 heterocycles. The van der Waals surface area contributed by atoms with Crippen molar-refractivity contribution in [3.8, 4) is 0 Å². The van der Waals surface area contributed by atoms with Crippen molar-refractivity contribution < 1.29 is 0 Å². The number of aromatic nitrogens is 4. The van der Waals surface area contributed by atoms with E-state index >= 15 is 0 Å². The highest BCUT2D eigenvalue weighted by Crippen LogP contribution is 2.33. The van der Waals surface area contributed by atoms with Crippen LogP contribution in [0.1, 0.15) is 48.6 Å². The van der Waals surface area contributed by atoms with Gasteiger partial charge in [-0.25, -0.2) is 14.5 Å². The van der Waals surface area contributed by atoms with Crippen molar-refractivity contribution in [2.75, 3.05) is 11.1 Å². The Hall–Kier alpha value is -2.67. The molecule has 0 saturated heterocycles. The Morgan fingerprint density at radius 2 is 1.85 bits per heavy atom. The first-order chi connectivity index (χ1) is 12.5. The first kappa shape index (κ1) is 16.8. The number of imidazole rings is 1. The van der Waals surface area contributed by atoms with Crippen molar-refractivity contribution in [2.24, 2.45) is 5.73 Å². The van der Waals surface area contributed by atoms with Gasteiger partial charge in [0.1, 0.15) is 11.6 Å². The third-order valence-corrected chi connectivity index (χ3v) is 5.01. The average Bonchev–Trinajstić information content (AvgIpc) is 2.98. The van der Waals surface area contributed by atoms with Gasteiger partial charge in [0, 0.05) is 23.7 Å². The third-order valence-electron chi connectivity index (χ3n) is 5.01. The number of nitrogens with one attached hydrogen (secondary N) is 1. The van der Waals surface area contributed by atoms with E-state index in [0.717, 1.165) is 59.8 Å². The summed E-state index contributed by atoms with van der Waals surface area (Å²) >= 11 is 0. The van der Waals surface area contributed by atoms with Crippen LogP contribution in [0.2, 0.25) is 0 Å². The summed E-state index contributed by atoms with van der Waals surface area (Å²) in [6, 6.07) is 6.18. The van der Waals surface area contributed by atoms with Crippen molar-refractivity contribution in [1.82, 2.24) is 19.6 Å². The van der Waals surface area contributed by atoms with E-state index in [1.807, 2.05) is 31.3 Å². The van der Waals surface area contributed by atoms with E-state index in [1.54, 1.807) is 4.52 Å². The standard InChI is InChI=1S/C19H25N7/c1-11-7-12(2)22-18(8-11)23-15-9-17(21)25-26-10-16(24-19(15)26)13-3-5-14(20)6-4-13/h7-10,13-14H,3-6,20H2,1-2H3,(H2,21,25)(H,22,23)/t13-,14+. The van der Waals surface area contributed by atoms with Gasteiger partial charge in [-0.2, -0.15) is 0 Å². The van der Waals surface area contributed by atoms with E-state index in [9.17, 15) is 0 Å². The Balaban J connectivity index is 1.70. The van der Waals surface area contributed by atoms with Crippen LogP contribution in [0.15, 0.2) is 24.4 Å². The van der Waals surface area contributed by atoms with Gasteiger partial charge in [-0.1, -0.05) is 0 Å². The number of hydrogen-bond acceptors (Lipinski definition) is 6. The summed E-state index contributed by atoms with van der Waals surface area (Å²) in [5, 5.41) is 7.75. The second-order valence-corrected chi connectivity index (χ2v) is 7.32. The number of aryl methyl sites for hydroxylation is 2. The molecule has 7 nitrogen and oxygen atoms in total. The van der Waals surface area contributed by atoms with Crippen LogP contribution in [0, 0.1) is 13.8 Å². The molecule has 3 aromatic rings. The number of anilines is 3. The monoisotopic (exact) mass is 351 g/mol. The SMILES string of the molecule is Cc1cc(C)nc(Nc2cc(N)nn3cc([C@H]4CC[C@@H](N)CC4)nc23)c1. The molecule has 0 spiro atoms. The molecule has 1 saturated carbocycles. The van der Waals surface area contributed by atoms with Crippen molar-refractivity contribution in [1.29, 1.82) is 0 Å². The molecule has 3 aromatic heterocycles. The zero-order valence-electron chi connectivity index (χ0n) is 15.2. The number of nitrogens with two attached hydrogens (primary N) is 2. The highest BCUT2D eigenvalue weighted by Gasteiger charge is 2.23. The minimum atomic E-state index is 0.324. The molecule has 0 bridgehead atoms. The van der Waals surface area contributed by atoms with Crippen LogP contribution in [-0.2, 0) is 0 Å². The van der Waals surface area contributed by atoms with Gasteiger partial charge >= 0.3 is 0 Å². The van der Waals surface area contributed by atoms with Gasteiger partial charge in [-0.05, 0) is 57.2 Å². The summed E-state index contributed by atoms with van der Waals surface area (Å²) in [6.45, 7) is 4.04. The first-order valence-corrected chi connectivity index (χ1v) is 9.11. The summed E-state index contributed by atoms with van der Waals surface area (Å²) in [4.78, 5) is 9.40. The van der Waals surface area contributed by atoms with E-state index in [-0.39, 0.29) is 0 Å². The lowest BCUT2D eigenvalue weighted by Gasteiger charge is -2.24. The lowest BCUT2D eigenvalue weighted by atomic mass is 9.85. The average molecular weight is 351 g/mol. The molecular formula is C19H25N7. The molecular weight excluding hydrogens is 326 g/mol. The quantitative estimate of drug-likeness (QED) is 0.669. The van der Waals surface area contributed by atoms with E-state index in [1.165, 1.54) is 0 Å². The number of rotatable bonds is 3. The fourth-order valence-corrected chi connectivity index (χ4v) is 3.76. The summed E-state index contributed by atoms with van der Waals surface area (Å²) in [7, 11) is 0. The Kier molecular flexibility index (Phi) is 4.24. The largest absolute Gasteiger partial charge is 0.382 e. The minimum Gasteiger partial charge on any atom is -0.382 e. The molecule has 26 heavy (non-hydrogen) atoms. The smallest absolute Gasteiger partial charge is 0.177 e. The van der Waals surface area contributed by atoms with Gasteiger partial charge in [-0.15, -0.1) is 5.10 Å². The van der Waals surface area contributed by atoms with Crippen LogP contribution in [0.5, 0.6) is 0 Å². The molecule has 5 N–H and O–H groups in total. The van der Waals surface area contributed by atoms with Gasteiger partial charge in [0.05, 0.1) is 17.6 Å². The van der Waals surface area contributed by atoms with Crippen LogP contribution < -0.4 is 16.8 Å². The second kappa shape index (κ2) is 6.57. The molecule has 136 valence electrons. The van der Waals surface area contributed by atoms with Crippen LogP contribution in [0.3, 0.4) is 0 Å². The molecule has 1 aliphatic rings. The molecule has 0 aromatic carbocycles. The highest BCUT2D eigenvalue weighted by atomic mass is 15.3. The number of fused-ring (bicyclic) bond motifs is 1. The zero-order valence-corrected chi connectivity index (χ0v) is 15.2. The molecule has 0 amide bonds. The maximum atomic E-state index is 6.03. The van der Waals surface area contributed by atoms with Gasteiger partial charge in [0.2, 0.25) is 0 Å². The van der Waals surface area contributed by atoms with Gasteiger partial charge in [0.15, 0.2) is 5.65 Å². The summed E-state index contributed by atoms with van der Waals surface area (Å²) in [5.41, 5.74) is 16.8. The second-order valence-electron chi connectivity index (χ2n) is 7.32. The summed E-state index contributed by atoms with van der Waals surface area (Å²) < 4.78 is 1.77. The molecule has 0 aliphatic heterocycles. The lowest BCUT2D eigenvalue weighted by molar-refractivity contribution is 0.391. The van der Waals surface area contributed by atoms with Crippen molar-refractivity contribution in [3.05, 3.63) is 41.3 Å². The van der Waals surface area contributed by atoms with Gasteiger partial charge < -0.3 is 16.8 Å². The first-order valence-electron chi connectivity index (χ1n) is 9.11. The molecule has 1 fully saturated rings. The zero-order chi connectivity index (χ0) is 18.3. The van der Waals surface area contributed by atoms with E-state index < -0.39 is 0 Å². The Bertz CT molecular complexity index is 918. The van der Waals surface area contributed by atoms with Crippen LogP contribution in [0.4, 0.5) is 17.3 Å². The molecule has 1 aliphatic carbocycles. The summed E-state index contributed by atoms with van der Waals surface area (Å²) in [5.74, 6) is 1.66. The van der Waals surface area contributed by atoms with Gasteiger partial charge in [-0.3, -0.25) is 0 Å². The number of nitrogens with zero attached hydrogens (tertiary/aromatic N) is 4. The summed E-state index contributed by atoms with van der Waals surface area (Å²) in [6.07, 6.45) is 6.23. The predicted molar refractivity (Wildman–Crippen MR) is 104 cm³/mol. The Morgan fingerprint density at radius 3 is 2.58 bits per heavy atom. The van der Waals surface area contributed by atoms with Crippen LogP contribution in [-0.4, -0.2) is 25.6 Å². The van der Waals surface area contributed by atoms with E-state index in [2.05, 4.69) is 22.3 Å². The topological polar surface area (TPSA) is 107 Å². The van der Waals surface area contributed by atoms with E-state index in [4.69, 9.17) is 16.5 Å². The Labute approximate surface area is 152 Å². The van der Waals surface area contributed by atoms with Gasteiger partial charge in [0.25, 0.3) is 0 Å². The van der Waals surface area contributed by atoms with Crippen molar-refractivity contribution in [2.45, 2.75) is 51.5 Å². The fraction of sp³-hybridized carbons (Fsp3) is 0.421. The molecule has 4 rings (SSSR count). The maximum Gasteiger partial charge on any atom is 0.177 e. The Morgan fingerprint density at radius 1 is 1.08 bits per heavy atom. The minimum absolute atomic E-state index is 0.324. The number of pyridine rings is 1. The maximum absolute atomic E-state index is 6.03. The molecule has 0 radical (unpaired) electrons. The normalized spacial score (nSPS) is 20.4. The van der Waals surface area contributed by atoms with E-state index in [0.29, 0.717) is 17.8 Å². The number of hydrogen-bond donors (Lipinski definition) is 3. The highest BCUT2D eigenvalue weighted by molar-refractivity contribution is 5.74. The third kappa shape index (κ3) is 3.35. The molecule has 0 atom stereocenters. The molecule has 7 heteroatoms. The fourth-order valence-electron chi connectivity index (χ4n) is 3.76. The van der Waals surface area contributed by atoms with Crippen LogP contribution >= 0.6 is 0 Å². The molecule has 0 unspecified atom stereocenters.